The molecule has 3 rings (SSSR count). The van der Waals surface area contributed by atoms with Gasteiger partial charge in [0.25, 0.3) is 0 Å². The number of rotatable bonds is 5. The monoisotopic (exact) mass is 298 g/mol. The van der Waals surface area contributed by atoms with Crippen LogP contribution in [0.15, 0.2) is 42.2 Å². The molecule has 0 aliphatic rings. The second-order valence-corrected chi connectivity index (χ2v) is 5.92. The van der Waals surface area contributed by atoms with Crippen LogP contribution in [0.2, 0.25) is 0 Å². The minimum Gasteiger partial charge on any atom is -0.379 e. The van der Waals surface area contributed by atoms with Gasteiger partial charge in [-0.3, -0.25) is 0 Å². The van der Waals surface area contributed by atoms with E-state index in [1.807, 2.05) is 19.4 Å². The molecule has 108 valence electrons. The maximum Gasteiger partial charge on any atom is 0.0948 e. The van der Waals surface area contributed by atoms with E-state index in [0.717, 1.165) is 35.0 Å². The molecule has 0 radical (unpaired) electrons. The Morgan fingerprint density at radius 2 is 2.24 bits per heavy atom. The van der Waals surface area contributed by atoms with Crippen molar-refractivity contribution in [1.82, 2.24) is 14.5 Å². The third-order valence-corrected chi connectivity index (χ3v) is 4.16. The number of aryl methyl sites for hydroxylation is 2. The van der Waals surface area contributed by atoms with Crippen molar-refractivity contribution in [3.05, 3.63) is 52.9 Å². The van der Waals surface area contributed by atoms with E-state index in [1.54, 1.807) is 11.3 Å². The molecule has 0 atom stereocenters. The standard InChI is InChI=1S/C16H18N4S/c1-3-20-11-17-8-15(20)9-18-14-6-4-5-13(7-14)16-10-21-12(2)19-16/h4-8,10-11,18H,3,9H2,1-2H3. The second-order valence-electron chi connectivity index (χ2n) is 4.86. The molecule has 1 aromatic carbocycles. The highest BCUT2D eigenvalue weighted by molar-refractivity contribution is 7.09. The molecule has 1 N–H and O–H groups in total. The van der Waals surface area contributed by atoms with Gasteiger partial charge in [0.2, 0.25) is 0 Å². The average molecular weight is 298 g/mol. The zero-order valence-electron chi connectivity index (χ0n) is 12.2. The second kappa shape index (κ2) is 6.10. The number of hydrogen-bond donors (Lipinski definition) is 1. The molecule has 4 nitrogen and oxygen atoms in total. The van der Waals surface area contributed by atoms with E-state index in [4.69, 9.17) is 0 Å². The highest BCUT2D eigenvalue weighted by Gasteiger charge is 2.04. The SMILES string of the molecule is CCn1cncc1CNc1cccc(-c2csc(C)n2)c1. The lowest BCUT2D eigenvalue weighted by atomic mass is 10.1. The third-order valence-electron chi connectivity index (χ3n) is 3.39. The molecule has 0 saturated carbocycles. The molecular formula is C16H18N4S. The van der Waals surface area contributed by atoms with Crippen LogP contribution in [0.3, 0.4) is 0 Å². The fourth-order valence-electron chi connectivity index (χ4n) is 2.26. The molecule has 0 fully saturated rings. The van der Waals surface area contributed by atoms with Crippen molar-refractivity contribution in [3.63, 3.8) is 0 Å². The molecule has 2 heterocycles. The Bertz CT molecular complexity index is 729. The summed E-state index contributed by atoms with van der Waals surface area (Å²) in [7, 11) is 0. The van der Waals surface area contributed by atoms with E-state index in [0.29, 0.717) is 0 Å². The van der Waals surface area contributed by atoms with Crippen LogP contribution >= 0.6 is 11.3 Å². The molecule has 0 bridgehead atoms. The molecule has 5 heteroatoms. The van der Waals surface area contributed by atoms with Gasteiger partial charge in [-0.1, -0.05) is 12.1 Å². The maximum atomic E-state index is 4.54. The Morgan fingerprint density at radius 3 is 3.00 bits per heavy atom. The van der Waals surface area contributed by atoms with E-state index in [9.17, 15) is 0 Å². The fraction of sp³-hybridized carbons (Fsp3) is 0.250. The summed E-state index contributed by atoms with van der Waals surface area (Å²) < 4.78 is 2.14. The zero-order valence-corrected chi connectivity index (χ0v) is 13.0. The number of anilines is 1. The lowest BCUT2D eigenvalue weighted by Crippen LogP contribution is -2.05. The summed E-state index contributed by atoms with van der Waals surface area (Å²) in [5.74, 6) is 0. The summed E-state index contributed by atoms with van der Waals surface area (Å²) in [6.07, 6.45) is 3.77. The number of nitrogens with zero attached hydrogens (tertiary/aromatic N) is 3. The first-order chi connectivity index (χ1) is 10.3. The molecule has 2 aromatic heterocycles. The van der Waals surface area contributed by atoms with Gasteiger partial charge in [-0.05, 0) is 26.0 Å². The fourth-order valence-corrected chi connectivity index (χ4v) is 2.88. The Kier molecular flexibility index (Phi) is 4.01. The smallest absolute Gasteiger partial charge is 0.0948 e. The van der Waals surface area contributed by atoms with E-state index in [1.165, 1.54) is 5.69 Å². The Morgan fingerprint density at radius 1 is 1.33 bits per heavy atom. The van der Waals surface area contributed by atoms with Crippen LogP contribution in [0.4, 0.5) is 5.69 Å². The van der Waals surface area contributed by atoms with Crippen molar-refractivity contribution in [3.8, 4) is 11.3 Å². The van der Waals surface area contributed by atoms with Crippen molar-refractivity contribution >= 4 is 17.0 Å². The molecule has 0 saturated heterocycles. The molecule has 0 aliphatic carbocycles. The molecule has 21 heavy (non-hydrogen) atoms. The van der Waals surface area contributed by atoms with E-state index in [2.05, 4.69) is 56.4 Å². The van der Waals surface area contributed by atoms with Gasteiger partial charge in [0.1, 0.15) is 0 Å². The van der Waals surface area contributed by atoms with Crippen LogP contribution in [0.5, 0.6) is 0 Å². The van der Waals surface area contributed by atoms with Crippen molar-refractivity contribution in [2.45, 2.75) is 26.9 Å². The minimum absolute atomic E-state index is 0.771. The summed E-state index contributed by atoms with van der Waals surface area (Å²) in [5, 5.41) is 6.64. The Labute approximate surface area is 128 Å². The zero-order chi connectivity index (χ0) is 14.7. The van der Waals surface area contributed by atoms with Crippen LogP contribution < -0.4 is 5.32 Å². The van der Waals surface area contributed by atoms with Crippen LogP contribution in [0.25, 0.3) is 11.3 Å². The van der Waals surface area contributed by atoms with Gasteiger partial charge in [0, 0.05) is 29.4 Å². The highest BCUT2D eigenvalue weighted by atomic mass is 32.1. The number of nitrogens with one attached hydrogen (secondary N) is 1. The lowest BCUT2D eigenvalue weighted by Gasteiger charge is -2.09. The number of imidazole rings is 1. The predicted octanol–water partition coefficient (Wildman–Crippen LogP) is 3.95. The van der Waals surface area contributed by atoms with E-state index in [-0.39, 0.29) is 0 Å². The van der Waals surface area contributed by atoms with E-state index < -0.39 is 0 Å². The maximum absolute atomic E-state index is 4.54. The highest BCUT2D eigenvalue weighted by Crippen LogP contribution is 2.24. The lowest BCUT2D eigenvalue weighted by molar-refractivity contribution is 0.719. The minimum atomic E-state index is 0.771. The largest absolute Gasteiger partial charge is 0.379 e. The van der Waals surface area contributed by atoms with Gasteiger partial charge in [-0.15, -0.1) is 11.3 Å². The van der Waals surface area contributed by atoms with Crippen molar-refractivity contribution in [2.75, 3.05) is 5.32 Å². The summed E-state index contributed by atoms with van der Waals surface area (Å²) in [5.41, 5.74) is 4.47. The molecule has 0 spiro atoms. The topological polar surface area (TPSA) is 42.7 Å². The summed E-state index contributed by atoms with van der Waals surface area (Å²) in [6.45, 7) is 5.86. The number of aromatic nitrogens is 3. The Hall–Kier alpha value is -2.14. The van der Waals surface area contributed by atoms with Crippen molar-refractivity contribution < 1.29 is 0 Å². The normalized spacial score (nSPS) is 10.8. The number of benzene rings is 1. The van der Waals surface area contributed by atoms with Crippen LogP contribution in [0.1, 0.15) is 17.6 Å². The van der Waals surface area contributed by atoms with Gasteiger partial charge in [0.15, 0.2) is 0 Å². The molecule has 0 unspecified atom stereocenters. The number of thiazole rings is 1. The van der Waals surface area contributed by atoms with Crippen LogP contribution in [-0.4, -0.2) is 14.5 Å². The molecule has 0 aliphatic heterocycles. The molecular weight excluding hydrogens is 280 g/mol. The quantitative estimate of drug-likeness (QED) is 0.775. The summed E-state index contributed by atoms with van der Waals surface area (Å²) in [4.78, 5) is 8.72. The molecule has 3 aromatic rings. The van der Waals surface area contributed by atoms with Gasteiger partial charge in [-0.2, -0.15) is 0 Å². The number of hydrogen-bond acceptors (Lipinski definition) is 4. The average Bonchev–Trinajstić information content (AvgIpc) is 3.14. The summed E-state index contributed by atoms with van der Waals surface area (Å²) >= 11 is 1.68. The van der Waals surface area contributed by atoms with Crippen molar-refractivity contribution in [1.29, 1.82) is 0 Å². The Balaban J connectivity index is 1.74. The van der Waals surface area contributed by atoms with Gasteiger partial charge in [-0.25, -0.2) is 9.97 Å². The predicted molar refractivity (Wildman–Crippen MR) is 87.5 cm³/mol. The third kappa shape index (κ3) is 3.13. The van der Waals surface area contributed by atoms with Gasteiger partial charge >= 0.3 is 0 Å². The van der Waals surface area contributed by atoms with Gasteiger partial charge < -0.3 is 9.88 Å². The van der Waals surface area contributed by atoms with Crippen molar-refractivity contribution in [2.24, 2.45) is 0 Å². The first kappa shape index (κ1) is 13.8. The van der Waals surface area contributed by atoms with Gasteiger partial charge in [0.05, 0.1) is 29.3 Å². The molecule has 0 amide bonds. The van der Waals surface area contributed by atoms with Crippen LogP contribution in [0, 0.1) is 6.92 Å². The first-order valence-corrected chi connectivity index (χ1v) is 7.89. The first-order valence-electron chi connectivity index (χ1n) is 7.01. The summed E-state index contributed by atoms with van der Waals surface area (Å²) in [6, 6.07) is 8.37. The van der Waals surface area contributed by atoms with Crippen LogP contribution in [-0.2, 0) is 13.1 Å². The van der Waals surface area contributed by atoms with E-state index >= 15 is 0 Å².